The average Bonchev–Trinajstić information content (AvgIpc) is 3.24. The summed E-state index contributed by atoms with van der Waals surface area (Å²) < 4.78 is 23.8. The Bertz CT molecular complexity index is 478. The fourth-order valence-electron chi connectivity index (χ4n) is 1.45. The summed E-state index contributed by atoms with van der Waals surface area (Å²) in [5.74, 6) is -1.08. The standard InChI is InChI=1S/C5H6O3.C4H4O3.C4H6O2.2CHO.2CH4/c6-4-1-2-5(7)8-3-4;5-3-1-2-4(6)7-3;5-4-2-1-3-6-4;2*1-2;;/h1-3H2;1-2H2;1-3H2;2*1H;2*1H4/q;;;2*-1;;/i;;;2*1D;;. The van der Waals surface area contributed by atoms with E-state index in [1.165, 1.54) is 0 Å². The van der Waals surface area contributed by atoms with Crippen LogP contribution in [-0.4, -0.2) is 56.4 Å². The molecule has 0 atom stereocenters. The van der Waals surface area contributed by atoms with Gasteiger partial charge in [-0.1, -0.05) is 14.9 Å². The lowest BCUT2D eigenvalue weighted by molar-refractivity contribution is -0.153. The van der Waals surface area contributed by atoms with Gasteiger partial charge >= 0.3 is 23.9 Å². The van der Waals surface area contributed by atoms with Crippen LogP contribution in [0.1, 0.15) is 56.1 Å². The monoisotopic (exact) mass is 392 g/mol. The molecule has 3 aliphatic heterocycles. The van der Waals surface area contributed by atoms with Gasteiger partial charge in [0.25, 0.3) is 0 Å². The maximum Gasteiger partial charge on any atom is 0.314 e. The molecule has 0 aromatic rings. The summed E-state index contributed by atoms with van der Waals surface area (Å²) in [7, 11) is 0. The maximum absolute atomic E-state index is 10.3. The van der Waals surface area contributed by atoms with Crippen molar-refractivity contribution in [1.82, 2.24) is 0 Å². The summed E-state index contributed by atoms with van der Waals surface area (Å²) in [6.07, 6.45) is 2.69. The van der Waals surface area contributed by atoms with Gasteiger partial charge in [0.15, 0.2) is 5.78 Å². The molecule has 3 heterocycles. The lowest BCUT2D eigenvalue weighted by atomic mass is 10.2. The second-order valence-electron chi connectivity index (χ2n) is 4.37. The van der Waals surface area contributed by atoms with Crippen molar-refractivity contribution in [2.75, 3.05) is 13.2 Å². The van der Waals surface area contributed by atoms with Crippen molar-refractivity contribution in [2.24, 2.45) is 0 Å². The van der Waals surface area contributed by atoms with Gasteiger partial charge in [-0.25, -0.2) is 0 Å². The van der Waals surface area contributed by atoms with E-state index < -0.39 is 11.9 Å². The highest BCUT2D eigenvalue weighted by Gasteiger charge is 2.19. The molecule has 0 amide bonds. The molecular formula is C17H26O10-2. The van der Waals surface area contributed by atoms with E-state index in [2.05, 4.69) is 14.2 Å². The average molecular weight is 392 g/mol. The number of carbonyl (C=O) groups excluding carboxylic acids is 7. The molecule has 10 heteroatoms. The van der Waals surface area contributed by atoms with Gasteiger partial charge in [0.1, 0.15) is 6.61 Å². The Balaban J connectivity index is -0.000000139. The van der Waals surface area contributed by atoms with E-state index in [9.17, 15) is 24.0 Å². The molecule has 0 unspecified atom stereocenters. The predicted octanol–water partition coefficient (Wildman–Crippen LogP) is 0.790. The molecule has 0 aliphatic carbocycles. The number of carbonyl (C=O) groups is 5. The largest absolute Gasteiger partial charge is 0.545 e. The van der Waals surface area contributed by atoms with E-state index in [1.54, 1.807) is 0 Å². The first-order valence-electron chi connectivity index (χ1n) is 7.94. The zero-order valence-corrected chi connectivity index (χ0v) is 13.2. The zero-order chi connectivity index (χ0) is 21.1. The van der Waals surface area contributed by atoms with Crippen molar-refractivity contribution in [1.29, 1.82) is 0 Å². The summed E-state index contributed by atoms with van der Waals surface area (Å²) in [4.78, 5) is 67.3. The Kier molecular flexibility index (Phi) is 20.6. The van der Waals surface area contributed by atoms with E-state index in [0.717, 1.165) is 20.0 Å². The Morgan fingerprint density at radius 1 is 0.704 bits per heavy atom. The molecule has 0 N–H and O–H groups in total. The number of rotatable bonds is 0. The lowest BCUT2D eigenvalue weighted by Crippen LogP contribution is -2.20. The van der Waals surface area contributed by atoms with E-state index >= 15 is 0 Å². The molecule has 3 fully saturated rings. The molecule has 3 rings (SSSR count). The smallest absolute Gasteiger partial charge is 0.314 e. The fraction of sp³-hybridized carbons (Fsp3) is 0.588. The van der Waals surface area contributed by atoms with Crippen LogP contribution in [0.4, 0.5) is 0 Å². The van der Waals surface area contributed by atoms with Crippen molar-refractivity contribution in [2.45, 2.75) is 53.4 Å². The summed E-state index contributed by atoms with van der Waals surface area (Å²) in [5, 5.41) is 0. The Labute approximate surface area is 161 Å². The van der Waals surface area contributed by atoms with Gasteiger partial charge in [-0.15, -0.1) is 0 Å². The van der Waals surface area contributed by atoms with Gasteiger partial charge in [-0.2, -0.15) is 2.74 Å². The molecule has 0 radical (unpaired) electrons. The minimum Gasteiger partial charge on any atom is -0.545 e. The molecule has 0 saturated carbocycles. The molecule has 0 aromatic carbocycles. The fourth-order valence-corrected chi connectivity index (χ4v) is 1.45. The topological polar surface area (TPSA) is 147 Å². The van der Waals surface area contributed by atoms with Crippen molar-refractivity contribution >= 4 is 43.2 Å². The van der Waals surface area contributed by atoms with Crippen LogP contribution in [0.25, 0.3) is 0 Å². The minimum atomic E-state index is -0.398. The zero-order valence-electron chi connectivity index (χ0n) is 15.2. The summed E-state index contributed by atoms with van der Waals surface area (Å²) in [6, 6.07) is 0. The van der Waals surface area contributed by atoms with Crippen LogP contribution in [0.15, 0.2) is 0 Å². The number of ketones is 1. The summed E-state index contributed by atoms with van der Waals surface area (Å²) in [6.45, 7) is 2.12. The third-order valence-corrected chi connectivity index (χ3v) is 2.55. The van der Waals surface area contributed by atoms with Crippen LogP contribution in [0.3, 0.4) is 0 Å². The molecule has 3 aliphatic rings. The molecule has 27 heavy (non-hydrogen) atoms. The maximum atomic E-state index is 10.3. The van der Waals surface area contributed by atoms with Gasteiger partial charge in [0.05, 0.1) is 25.9 Å². The minimum absolute atomic E-state index is 0. The van der Waals surface area contributed by atoms with E-state index in [-0.39, 0.29) is 58.4 Å². The van der Waals surface area contributed by atoms with Crippen LogP contribution in [-0.2, 0) is 47.8 Å². The van der Waals surface area contributed by atoms with Gasteiger partial charge in [0.2, 0.25) is 0 Å². The third-order valence-electron chi connectivity index (χ3n) is 2.55. The first-order valence-corrected chi connectivity index (χ1v) is 6.94. The number of Topliss-reactive ketones (excluding diaryl/α,β-unsaturated/α-hetero) is 1. The van der Waals surface area contributed by atoms with E-state index in [1.807, 2.05) is 0 Å². The van der Waals surface area contributed by atoms with Crippen LogP contribution in [0.2, 0.25) is 0 Å². The van der Waals surface area contributed by atoms with Gasteiger partial charge in [-0.3, -0.25) is 37.5 Å². The van der Waals surface area contributed by atoms with Crippen molar-refractivity contribution in [3.63, 3.8) is 0 Å². The lowest BCUT2D eigenvalue weighted by Gasteiger charge is -2.07. The summed E-state index contributed by atoms with van der Waals surface area (Å²) >= 11 is 0. The van der Waals surface area contributed by atoms with Gasteiger partial charge in [-0.05, 0) is 6.42 Å². The quantitative estimate of drug-likeness (QED) is 0.190. The second kappa shape index (κ2) is 21.1. The Hall–Kier alpha value is -2.91. The van der Waals surface area contributed by atoms with Crippen molar-refractivity contribution in [3.05, 3.63) is 0 Å². The first-order chi connectivity index (χ1) is 12.8. The predicted molar refractivity (Wildman–Crippen MR) is 92.7 cm³/mol. The van der Waals surface area contributed by atoms with Crippen LogP contribution >= 0.6 is 0 Å². The number of hydrogen-bond donors (Lipinski definition) is 0. The first kappa shape index (κ1) is 26.3. The number of cyclic esters (lactones) is 4. The molecular weight excluding hydrogens is 364 g/mol. The molecule has 156 valence electrons. The molecule has 0 spiro atoms. The highest BCUT2D eigenvalue weighted by atomic mass is 16.6. The number of esters is 4. The highest BCUT2D eigenvalue weighted by molar-refractivity contribution is 5.92. The molecule has 0 bridgehead atoms. The van der Waals surface area contributed by atoms with Crippen LogP contribution < -0.4 is 0 Å². The van der Waals surface area contributed by atoms with Crippen molar-refractivity contribution in [3.8, 4) is 0 Å². The Morgan fingerprint density at radius 3 is 1.33 bits per heavy atom. The molecule has 10 nitrogen and oxygen atoms in total. The van der Waals surface area contributed by atoms with Crippen molar-refractivity contribution < 1.29 is 50.5 Å². The van der Waals surface area contributed by atoms with Gasteiger partial charge < -0.3 is 23.8 Å². The van der Waals surface area contributed by atoms with E-state index in [0.29, 0.717) is 19.4 Å². The Morgan fingerprint density at radius 2 is 1.15 bits per heavy atom. The highest BCUT2D eigenvalue weighted by Crippen LogP contribution is 2.04. The normalized spacial score (nSPS) is 17.0. The SMILES string of the molecule is C.C.O=C1CCC(=O)O1.O=C1CCC(=O)OC1.O=C1CCCO1.[2H][C-]=O.[2H][C-]=O. The summed E-state index contributed by atoms with van der Waals surface area (Å²) in [5.41, 5.74) is 0. The van der Waals surface area contributed by atoms with E-state index in [4.69, 9.17) is 12.3 Å². The third kappa shape index (κ3) is 19.3. The van der Waals surface area contributed by atoms with Crippen LogP contribution in [0.5, 0.6) is 0 Å². The number of ether oxygens (including phenoxy) is 3. The molecule has 0 aromatic heterocycles. The van der Waals surface area contributed by atoms with Gasteiger partial charge in [0, 0.05) is 12.8 Å². The second-order valence-corrected chi connectivity index (χ2v) is 4.37. The number of hydrogen-bond acceptors (Lipinski definition) is 10. The van der Waals surface area contributed by atoms with Crippen LogP contribution in [0, 0.1) is 0 Å². The molecule has 3 saturated heterocycles.